The highest BCUT2D eigenvalue weighted by molar-refractivity contribution is 7.90. The van der Waals surface area contributed by atoms with Gasteiger partial charge in [0.1, 0.15) is 6.26 Å². The molecule has 0 saturated carbocycles. The molecule has 0 N–H and O–H groups in total. The van der Waals surface area contributed by atoms with Gasteiger partial charge in [-0.15, -0.1) is 0 Å². The summed E-state index contributed by atoms with van der Waals surface area (Å²) in [5, 5.41) is 2.62. The molecule has 2 aromatic rings. The third-order valence-corrected chi connectivity index (χ3v) is 4.94. The molecule has 2 amide bonds. The van der Waals surface area contributed by atoms with E-state index in [-0.39, 0.29) is 16.4 Å². The van der Waals surface area contributed by atoms with Crippen LogP contribution in [0.25, 0.3) is 0 Å². The smallest absolute Gasteiger partial charge is 0.275 e. The first-order valence-electron chi connectivity index (χ1n) is 7.34. The summed E-state index contributed by atoms with van der Waals surface area (Å²) in [5.74, 6) is -0.864. The fraction of sp³-hybridized carbons (Fsp3) is 0.250. The first-order valence-corrected chi connectivity index (χ1v) is 9.23. The quantitative estimate of drug-likeness (QED) is 0.840. The molecule has 8 heteroatoms. The third kappa shape index (κ3) is 2.92. The van der Waals surface area contributed by atoms with Crippen LogP contribution in [0, 0.1) is 0 Å². The van der Waals surface area contributed by atoms with Gasteiger partial charge in [0, 0.05) is 19.3 Å². The van der Waals surface area contributed by atoms with E-state index >= 15 is 0 Å². The molecule has 0 radical (unpaired) electrons. The molecule has 126 valence electrons. The highest BCUT2D eigenvalue weighted by Gasteiger charge is 2.34. The van der Waals surface area contributed by atoms with E-state index in [2.05, 4.69) is 0 Å². The molecule has 1 saturated heterocycles. The van der Waals surface area contributed by atoms with E-state index in [0.29, 0.717) is 25.1 Å². The Labute approximate surface area is 139 Å². The van der Waals surface area contributed by atoms with Crippen LogP contribution in [-0.2, 0) is 9.84 Å². The number of sulfone groups is 1. The molecule has 1 fully saturated rings. The SMILES string of the molecule is CS(=O)(=O)c1ccccc1C(=O)N1CCCN1C(=O)c1ccoc1. The molecule has 0 aliphatic carbocycles. The number of benzene rings is 1. The van der Waals surface area contributed by atoms with Gasteiger partial charge in [-0.25, -0.2) is 18.4 Å². The summed E-state index contributed by atoms with van der Waals surface area (Å²) in [5.41, 5.74) is 0.401. The minimum atomic E-state index is -3.55. The molecule has 1 aliphatic heterocycles. The van der Waals surface area contributed by atoms with Gasteiger partial charge in [-0.2, -0.15) is 0 Å². The molecular formula is C16H16N2O5S. The van der Waals surface area contributed by atoms with Gasteiger partial charge in [-0.1, -0.05) is 12.1 Å². The average Bonchev–Trinajstić information content (AvgIpc) is 3.24. The van der Waals surface area contributed by atoms with Crippen molar-refractivity contribution in [3.05, 3.63) is 54.0 Å². The third-order valence-electron chi connectivity index (χ3n) is 3.79. The molecule has 0 spiro atoms. The van der Waals surface area contributed by atoms with Crippen LogP contribution in [0.5, 0.6) is 0 Å². The van der Waals surface area contributed by atoms with Gasteiger partial charge >= 0.3 is 0 Å². The highest BCUT2D eigenvalue weighted by Crippen LogP contribution is 2.22. The molecular weight excluding hydrogens is 332 g/mol. The topological polar surface area (TPSA) is 87.9 Å². The van der Waals surface area contributed by atoms with Crippen LogP contribution in [-0.4, -0.2) is 49.6 Å². The van der Waals surface area contributed by atoms with Crippen LogP contribution >= 0.6 is 0 Å². The fourth-order valence-electron chi connectivity index (χ4n) is 2.67. The van der Waals surface area contributed by atoms with Crippen molar-refractivity contribution in [2.45, 2.75) is 11.3 Å². The van der Waals surface area contributed by atoms with Crippen LogP contribution in [0.1, 0.15) is 27.1 Å². The van der Waals surface area contributed by atoms with Crippen molar-refractivity contribution in [2.75, 3.05) is 19.3 Å². The maximum absolute atomic E-state index is 12.8. The van der Waals surface area contributed by atoms with E-state index in [1.807, 2.05) is 0 Å². The number of carbonyl (C=O) groups excluding carboxylic acids is 2. The Bertz CT molecular complexity index is 874. The molecule has 0 unspecified atom stereocenters. The molecule has 1 aromatic heterocycles. The van der Waals surface area contributed by atoms with Crippen LogP contribution < -0.4 is 0 Å². The van der Waals surface area contributed by atoms with Gasteiger partial charge in [0.15, 0.2) is 9.84 Å². The summed E-state index contributed by atoms with van der Waals surface area (Å²) in [4.78, 5) is 25.3. The van der Waals surface area contributed by atoms with Crippen LogP contribution in [0.2, 0.25) is 0 Å². The van der Waals surface area contributed by atoms with Gasteiger partial charge in [-0.3, -0.25) is 9.59 Å². The number of carbonyl (C=O) groups is 2. The van der Waals surface area contributed by atoms with E-state index in [1.54, 1.807) is 12.1 Å². The Kier molecular flexibility index (Phi) is 4.15. The van der Waals surface area contributed by atoms with Crippen molar-refractivity contribution in [3.8, 4) is 0 Å². The Morgan fingerprint density at radius 1 is 1.04 bits per heavy atom. The lowest BCUT2D eigenvalue weighted by atomic mass is 10.2. The summed E-state index contributed by atoms with van der Waals surface area (Å²) >= 11 is 0. The first kappa shape index (κ1) is 16.3. The number of nitrogens with zero attached hydrogens (tertiary/aromatic N) is 2. The van der Waals surface area contributed by atoms with Gasteiger partial charge in [-0.05, 0) is 24.6 Å². The van der Waals surface area contributed by atoms with Crippen LogP contribution in [0.15, 0.2) is 52.2 Å². The molecule has 1 aliphatic rings. The Morgan fingerprint density at radius 2 is 1.71 bits per heavy atom. The van der Waals surface area contributed by atoms with Crippen LogP contribution in [0.4, 0.5) is 0 Å². The second kappa shape index (κ2) is 6.12. The largest absolute Gasteiger partial charge is 0.472 e. The van der Waals surface area contributed by atoms with Crippen molar-refractivity contribution in [1.82, 2.24) is 10.0 Å². The second-order valence-electron chi connectivity index (χ2n) is 5.49. The van der Waals surface area contributed by atoms with E-state index < -0.39 is 15.7 Å². The molecule has 3 rings (SSSR count). The standard InChI is InChI=1S/C16H16N2O5S/c1-24(21,22)14-6-3-2-5-13(14)16(20)18-9-4-8-17(18)15(19)12-7-10-23-11-12/h2-3,5-7,10-11H,4,8-9H2,1H3. The Morgan fingerprint density at radius 3 is 2.33 bits per heavy atom. The van der Waals surface area contributed by atoms with Crippen LogP contribution in [0.3, 0.4) is 0 Å². The van der Waals surface area contributed by atoms with E-state index in [4.69, 9.17) is 4.42 Å². The molecule has 0 bridgehead atoms. The minimum Gasteiger partial charge on any atom is -0.472 e. The fourth-order valence-corrected chi connectivity index (χ4v) is 3.56. The van der Waals surface area contributed by atoms with E-state index in [0.717, 1.165) is 6.26 Å². The van der Waals surface area contributed by atoms with Crippen molar-refractivity contribution in [3.63, 3.8) is 0 Å². The van der Waals surface area contributed by atoms with Crippen molar-refractivity contribution >= 4 is 21.7 Å². The summed E-state index contributed by atoms with van der Waals surface area (Å²) in [7, 11) is -3.55. The van der Waals surface area contributed by atoms with Gasteiger partial charge in [0.05, 0.1) is 22.3 Å². The first-order chi connectivity index (χ1) is 11.4. The van der Waals surface area contributed by atoms with Gasteiger partial charge < -0.3 is 4.42 Å². The Hall–Kier alpha value is -2.61. The number of rotatable bonds is 3. The number of furan rings is 1. The normalized spacial score (nSPS) is 14.9. The predicted molar refractivity (Wildman–Crippen MR) is 84.9 cm³/mol. The predicted octanol–water partition coefficient (Wildman–Crippen LogP) is 1.59. The zero-order valence-electron chi connectivity index (χ0n) is 13.0. The minimum absolute atomic E-state index is 0.0439. The van der Waals surface area contributed by atoms with Crippen molar-refractivity contribution < 1.29 is 22.4 Å². The summed E-state index contributed by atoms with van der Waals surface area (Å²) in [6, 6.07) is 7.53. The number of hydrazine groups is 1. The number of hydrogen-bond donors (Lipinski definition) is 0. The number of hydrogen-bond acceptors (Lipinski definition) is 5. The van der Waals surface area contributed by atoms with E-state index in [1.165, 1.54) is 40.7 Å². The second-order valence-corrected chi connectivity index (χ2v) is 7.47. The van der Waals surface area contributed by atoms with Crippen molar-refractivity contribution in [2.24, 2.45) is 0 Å². The molecule has 0 atom stereocenters. The lowest BCUT2D eigenvalue weighted by Crippen LogP contribution is -2.45. The van der Waals surface area contributed by atoms with E-state index in [9.17, 15) is 18.0 Å². The monoisotopic (exact) mass is 348 g/mol. The zero-order chi connectivity index (χ0) is 17.3. The zero-order valence-corrected chi connectivity index (χ0v) is 13.8. The lowest BCUT2D eigenvalue weighted by molar-refractivity contribution is 0.0183. The summed E-state index contributed by atoms with van der Waals surface area (Å²) in [6.45, 7) is 0.733. The summed E-state index contributed by atoms with van der Waals surface area (Å²) < 4.78 is 28.7. The molecule has 1 aromatic carbocycles. The molecule has 7 nitrogen and oxygen atoms in total. The van der Waals surface area contributed by atoms with Crippen molar-refractivity contribution in [1.29, 1.82) is 0 Å². The average molecular weight is 348 g/mol. The highest BCUT2D eigenvalue weighted by atomic mass is 32.2. The summed E-state index contributed by atoms with van der Waals surface area (Å²) in [6.07, 6.45) is 4.37. The Balaban J connectivity index is 1.94. The molecule has 24 heavy (non-hydrogen) atoms. The van der Waals surface area contributed by atoms with Gasteiger partial charge in [0.2, 0.25) is 0 Å². The maximum Gasteiger partial charge on any atom is 0.275 e. The lowest BCUT2D eigenvalue weighted by Gasteiger charge is -2.28. The number of amides is 2. The molecule has 2 heterocycles. The maximum atomic E-state index is 12.8. The van der Waals surface area contributed by atoms with Gasteiger partial charge in [0.25, 0.3) is 11.8 Å².